The lowest BCUT2D eigenvalue weighted by molar-refractivity contribution is -0.149. The van der Waals surface area contributed by atoms with Crippen molar-refractivity contribution in [3.05, 3.63) is 28.8 Å². The van der Waals surface area contributed by atoms with E-state index in [2.05, 4.69) is 5.32 Å². The van der Waals surface area contributed by atoms with Crippen LogP contribution in [0.15, 0.2) is 18.2 Å². The molecule has 0 aromatic heterocycles. The van der Waals surface area contributed by atoms with Crippen LogP contribution in [0.4, 0.5) is 18.9 Å². The molecule has 0 unspecified atom stereocenters. The van der Waals surface area contributed by atoms with Gasteiger partial charge in [-0.05, 0) is 23.6 Å². The molecular weight excluding hydrogens is 335 g/mol. The highest BCUT2D eigenvalue weighted by Gasteiger charge is 2.33. The van der Waals surface area contributed by atoms with Crippen LogP contribution in [-0.2, 0) is 20.5 Å². The highest BCUT2D eigenvalue weighted by molar-refractivity contribution is 6.31. The molecule has 1 aromatic rings. The van der Waals surface area contributed by atoms with Crippen molar-refractivity contribution in [3.63, 3.8) is 0 Å². The monoisotopic (exact) mass is 351 g/mol. The molecule has 1 amide bonds. The van der Waals surface area contributed by atoms with Crippen molar-refractivity contribution in [2.75, 3.05) is 11.9 Å². The van der Waals surface area contributed by atoms with E-state index in [1.54, 1.807) is 0 Å². The van der Waals surface area contributed by atoms with Gasteiger partial charge in [0.15, 0.2) is 6.61 Å². The minimum Gasteiger partial charge on any atom is -0.456 e. The van der Waals surface area contributed by atoms with Gasteiger partial charge in [0.05, 0.1) is 17.0 Å². The van der Waals surface area contributed by atoms with Crippen LogP contribution in [-0.4, -0.2) is 18.5 Å². The molecule has 23 heavy (non-hydrogen) atoms. The Kier molecular flexibility index (Phi) is 6.04. The topological polar surface area (TPSA) is 55.4 Å². The number of hydrogen-bond donors (Lipinski definition) is 1. The fourth-order valence-electron chi connectivity index (χ4n) is 1.65. The van der Waals surface area contributed by atoms with E-state index in [9.17, 15) is 22.8 Å². The van der Waals surface area contributed by atoms with Crippen LogP contribution < -0.4 is 5.32 Å². The number of carbonyl (C=O) groups excluding carboxylic acids is 2. The van der Waals surface area contributed by atoms with E-state index < -0.39 is 35.2 Å². The molecule has 128 valence electrons. The third-order valence-electron chi connectivity index (χ3n) is 2.59. The molecule has 0 aliphatic carbocycles. The Morgan fingerprint density at radius 2 is 1.83 bits per heavy atom. The van der Waals surface area contributed by atoms with Gasteiger partial charge in [-0.15, -0.1) is 0 Å². The number of benzene rings is 1. The van der Waals surface area contributed by atoms with Crippen molar-refractivity contribution in [2.24, 2.45) is 5.41 Å². The molecule has 0 bridgehead atoms. The summed E-state index contributed by atoms with van der Waals surface area (Å²) < 4.78 is 42.9. The lowest BCUT2D eigenvalue weighted by Crippen LogP contribution is -2.23. The molecule has 1 N–H and O–H groups in total. The van der Waals surface area contributed by atoms with Crippen LogP contribution in [0.5, 0.6) is 0 Å². The minimum atomic E-state index is -4.63. The Balaban J connectivity index is 2.63. The van der Waals surface area contributed by atoms with Gasteiger partial charge in [-0.25, -0.2) is 0 Å². The van der Waals surface area contributed by atoms with Gasteiger partial charge in [-0.3, -0.25) is 9.59 Å². The molecular formula is C15H17ClF3NO3. The molecule has 0 radical (unpaired) electrons. The zero-order valence-corrected chi connectivity index (χ0v) is 13.6. The van der Waals surface area contributed by atoms with Crippen molar-refractivity contribution in [3.8, 4) is 0 Å². The normalized spacial score (nSPS) is 12.0. The zero-order valence-electron chi connectivity index (χ0n) is 12.9. The maximum Gasteiger partial charge on any atom is 0.417 e. The van der Waals surface area contributed by atoms with E-state index in [-0.39, 0.29) is 17.5 Å². The average Bonchev–Trinajstić information content (AvgIpc) is 2.35. The summed E-state index contributed by atoms with van der Waals surface area (Å²) in [5, 5.41) is 1.76. The van der Waals surface area contributed by atoms with E-state index in [0.29, 0.717) is 0 Å². The number of anilines is 1. The molecule has 0 aliphatic rings. The standard InChI is InChI=1S/C15H17ClF3NO3/c1-14(2,3)7-13(22)23-8-12(21)20-9-4-5-11(16)10(6-9)15(17,18)19/h4-6H,7-8H2,1-3H3,(H,20,21). The molecule has 0 saturated heterocycles. The smallest absolute Gasteiger partial charge is 0.417 e. The Morgan fingerprint density at radius 3 is 2.35 bits per heavy atom. The van der Waals surface area contributed by atoms with Crippen molar-refractivity contribution in [2.45, 2.75) is 33.4 Å². The molecule has 4 nitrogen and oxygen atoms in total. The fourth-order valence-corrected chi connectivity index (χ4v) is 1.87. The average molecular weight is 352 g/mol. The van der Waals surface area contributed by atoms with E-state index >= 15 is 0 Å². The summed E-state index contributed by atoms with van der Waals surface area (Å²) in [5.74, 6) is -1.29. The lowest BCUT2D eigenvalue weighted by atomic mass is 9.92. The Morgan fingerprint density at radius 1 is 1.22 bits per heavy atom. The number of alkyl halides is 3. The first kappa shape index (κ1) is 19.3. The molecule has 0 spiro atoms. The largest absolute Gasteiger partial charge is 0.456 e. The Hall–Kier alpha value is -1.76. The third kappa shape index (κ3) is 6.90. The van der Waals surface area contributed by atoms with E-state index in [1.807, 2.05) is 20.8 Å². The lowest BCUT2D eigenvalue weighted by Gasteiger charge is -2.16. The molecule has 1 aromatic carbocycles. The van der Waals surface area contributed by atoms with Gasteiger partial charge in [0, 0.05) is 5.69 Å². The van der Waals surface area contributed by atoms with E-state index in [1.165, 1.54) is 6.07 Å². The number of carbonyl (C=O) groups is 2. The summed E-state index contributed by atoms with van der Waals surface area (Å²) in [5.41, 5.74) is -1.42. The number of amides is 1. The molecule has 0 fully saturated rings. The van der Waals surface area contributed by atoms with E-state index in [4.69, 9.17) is 16.3 Å². The van der Waals surface area contributed by atoms with Gasteiger partial charge in [0.25, 0.3) is 5.91 Å². The summed E-state index contributed by atoms with van der Waals surface area (Å²) in [6.07, 6.45) is -4.50. The second-order valence-corrected chi connectivity index (χ2v) is 6.55. The number of rotatable bonds is 4. The Bertz CT molecular complexity index is 595. The van der Waals surface area contributed by atoms with E-state index in [0.717, 1.165) is 12.1 Å². The Labute approximate surface area is 137 Å². The van der Waals surface area contributed by atoms with Crippen molar-refractivity contribution in [1.29, 1.82) is 0 Å². The predicted molar refractivity (Wildman–Crippen MR) is 80.1 cm³/mol. The number of ether oxygens (including phenoxy) is 1. The van der Waals surface area contributed by atoms with Gasteiger partial charge in [0.2, 0.25) is 0 Å². The molecule has 0 atom stereocenters. The summed E-state index contributed by atoms with van der Waals surface area (Å²) in [4.78, 5) is 23.1. The molecule has 0 aliphatic heterocycles. The zero-order chi connectivity index (χ0) is 17.8. The van der Waals surface area contributed by atoms with Crippen LogP contribution in [0, 0.1) is 5.41 Å². The summed E-state index contributed by atoms with van der Waals surface area (Å²) in [6, 6.07) is 2.98. The van der Waals surface area contributed by atoms with Gasteiger partial charge in [-0.2, -0.15) is 13.2 Å². The van der Waals surface area contributed by atoms with Gasteiger partial charge in [0.1, 0.15) is 0 Å². The summed E-state index contributed by atoms with van der Waals surface area (Å²) in [6.45, 7) is 4.93. The van der Waals surface area contributed by atoms with Gasteiger partial charge in [-0.1, -0.05) is 32.4 Å². The summed E-state index contributed by atoms with van der Waals surface area (Å²) >= 11 is 5.48. The molecule has 1 rings (SSSR count). The second kappa shape index (κ2) is 7.21. The first-order chi connectivity index (χ1) is 10.4. The minimum absolute atomic E-state index is 0.0846. The third-order valence-corrected chi connectivity index (χ3v) is 2.92. The quantitative estimate of drug-likeness (QED) is 0.824. The number of esters is 1. The first-order valence-electron chi connectivity index (χ1n) is 6.71. The van der Waals surface area contributed by atoms with Crippen LogP contribution in [0.2, 0.25) is 5.02 Å². The van der Waals surface area contributed by atoms with Gasteiger partial charge >= 0.3 is 12.1 Å². The first-order valence-corrected chi connectivity index (χ1v) is 7.08. The number of halogens is 4. The maximum atomic E-state index is 12.7. The van der Waals surface area contributed by atoms with Crippen molar-refractivity contribution < 1.29 is 27.5 Å². The molecule has 0 saturated carbocycles. The fraction of sp³-hybridized carbons (Fsp3) is 0.467. The number of nitrogens with one attached hydrogen (secondary N) is 1. The highest BCUT2D eigenvalue weighted by Crippen LogP contribution is 2.36. The molecule has 0 heterocycles. The summed E-state index contributed by atoms with van der Waals surface area (Å²) in [7, 11) is 0. The van der Waals surface area contributed by atoms with Crippen LogP contribution in [0.25, 0.3) is 0 Å². The second-order valence-electron chi connectivity index (χ2n) is 6.14. The van der Waals surface area contributed by atoms with Crippen molar-refractivity contribution in [1.82, 2.24) is 0 Å². The van der Waals surface area contributed by atoms with Crippen LogP contribution in [0.1, 0.15) is 32.8 Å². The SMILES string of the molecule is CC(C)(C)CC(=O)OCC(=O)Nc1ccc(Cl)c(C(F)(F)F)c1. The van der Waals surface area contributed by atoms with Gasteiger partial charge < -0.3 is 10.1 Å². The van der Waals surface area contributed by atoms with Crippen LogP contribution in [0.3, 0.4) is 0 Å². The number of hydrogen-bond acceptors (Lipinski definition) is 3. The molecule has 8 heteroatoms. The van der Waals surface area contributed by atoms with Crippen molar-refractivity contribution >= 4 is 29.2 Å². The predicted octanol–water partition coefficient (Wildman–Crippen LogP) is 4.28. The maximum absolute atomic E-state index is 12.7. The highest BCUT2D eigenvalue weighted by atomic mass is 35.5. The van der Waals surface area contributed by atoms with Crippen LogP contribution >= 0.6 is 11.6 Å².